The molecule has 0 aliphatic rings. The zero-order valence-electron chi connectivity index (χ0n) is 11.1. The van der Waals surface area contributed by atoms with E-state index in [1.165, 1.54) is 6.07 Å². The Bertz CT molecular complexity index is 568. The minimum atomic E-state index is -0.0987. The van der Waals surface area contributed by atoms with Gasteiger partial charge >= 0.3 is 0 Å². The smallest absolute Gasteiger partial charge is 0.157 e. The fourth-order valence-corrected chi connectivity index (χ4v) is 1.78. The average molecular weight is 258 g/mol. The number of aromatic hydroxyl groups is 2. The van der Waals surface area contributed by atoms with Crippen LogP contribution in [0.4, 0.5) is 11.4 Å². The van der Waals surface area contributed by atoms with Gasteiger partial charge in [0.15, 0.2) is 11.5 Å². The van der Waals surface area contributed by atoms with Crippen molar-refractivity contribution in [1.29, 1.82) is 0 Å². The second-order valence-electron chi connectivity index (χ2n) is 4.62. The molecule has 0 saturated carbocycles. The largest absolute Gasteiger partial charge is 0.504 e. The molecule has 2 aromatic rings. The number of nitrogens with zero attached hydrogens (tertiary/aromatic N) is 1. The van der Waals surface area contributed by atoms with Crippen LogP contribution in [0.15, 0.2) is 42.5 Å². The van der Waals surface area contributed by atoms with Gasteiger partial charge in [0.1, 0.15) is 0 Å². The van der Waals surface area contributed by atoms with Crippen LogP contribution >= 0.6 is 0 Å². The summed E-state index contributed by atoms with van der Waals surface area (Å²) in [5, 5.41) is 22.0. The van der Waals surface area contributed by atoms with E-state index in [1.54, 1.807) is 12.1 Å². The summed E-state index contributed by atoms with van der Waals surface area (Å²) in [6.45, 7) is 0.588. The van der Waals surface area contributed by atoms with Crippen molar-refractivity contribution in [2.75, 3.05) is 24.3 Å². The molecule has 2 rings (SSSR count). The average Bonchev–Trinajstić information content (AvgIpc) is 2.40. The predicted molar refractivity (Wildman–Crippen MR) is 77.9 cm³/mol. The van der Waals surface area contributed by atoms with Gasteiger partial charge in [-0.15, -0.1) is 0 Å². The lowest BCUT2D eigenvalue weighted by molar-refractivity contribution is 0.403. The van der Waals surface area contributed by atoms with Crippen LogP contribution in [-0.4, -0.2) is 24.3 Å². The Balaban J connectivity index is 2.05. The van der Waals surface area contributed by atoms with Crippen LogP contribution in [0.1, 0.15) is 5.56 Å². The lowest BCUT2D eigenvalue weighted by Gasteiger charge is -2.14. The van der Waals surface area contributed by atoms with Crippen LogP contribution in [0.25, 0.3) is 0 Å². The third-order valence-corrected chi connectivity index (χ3v) is 2.90. The number of phenols is 2. The zero-order valence-corrected chi connectivity index (χ0v) is 11.1. The van der Waals surface area contributed by atoms with E-state index in [1.807, 2.05) is 37.2 Å². The molecule has 4 heteroatoms. The molecule has 0 saturated heterocycles. The highest BCUT2D eigenvalue weighted by Crippen LogP contribution is 2.25. The van der Waals surface area contributed by atoms with E-state index in [0.717, 1.165) is 16.9 Å². The Kier molecular flexibility index (Phi) is 3.80. The predicted octanol–water partition coefficient (Wildman–Crippen LogP) is 2.78. The number of anilines is 2. The van der Waals surface area contributed by atoms with Crippen molar-refractivity contribution < 1.29 is 10.2 Å². The Hall–Kier alpha value is -2.36. The molecule has 0 amide bonds. The fourth-order valence-electron chi connectivity index (χ4n) is 1.78. The molecule has 0 aliphatic heterocycles. The zero-order chi connectivity index (χ0) is 13.8. The van der Waals surface area contributed by atoms with E-state index in [4.69, 9.17) is 0 Å². The van der Waals surface area contributed by atoms with Gasteiger partial charge < -0.3 is 20.4 Å². The van der Waals surface area contributed by atoms with Crippen LogP contribution in [0.5, 0.6) is 11.5 Å². The molecule has 100 valence electrons. The Morgan fingerprint density at radius 2 is 1.79 bits per heavy atom. The lowest BCUT2D eigenvalue weighted by atomic mass is 10.2. The number of hydrogen-bond acceptors (Lipinski definition) is 4. The summed E-state index contributed by atoms with van der Waals surface area (Å²) in [7, 11) is 3.99. The van der Waals surface area contributed by atoms with E-state index < -0.39 is 0 Å². The van der Waals surface area contributed by atoms with Crippen LogP contribution < -0.4 is 10.2 Å². The number of benzene rings is 2. The van der Waals surface area contributed by atoms with Crippen LogP contribution in [0.2, 0.25) is 0 Å². The highest BCUT2D eigenvalue weighted by molar-refractivity contribution is 5.57. The van der Waals surface area contributed by atoms with Crippen molar-refractivity contribution in [3.8, 4) is 11.5 Å². The summed E-state index contributed by atoms with van der Waals surface area (Å²) in [5.74, 6) is -0.195. The monoisotopic (exact) mass is 258 g/mol. The Morgan fingerprint density at radius 3 is 2.47 bits per heavy atom. The van der Waals surface area contributed by atoms with Gasteiger partial charge in [-0.3, -0.25) is 0 Å². The van der Waals surface area contributed by atoms with Crippen LogP contribution in [0.3, 0.4) is 0 Å². The van der Waals surface area contributed by atoms with Gasteiger partial charge in [0.2, 0.25) is 0 Å². The van der Waals surface area contributed by atoms with E-state index >= 15 is 0 Å². The topological polar surface area (TPSA) is 55.7 Å². The summed E-state index contributed by atoms with van der Waals surface area (Å²) in [4.78, 5) is 2.04. The van der Waals surface area contributed by atoms with Gasteiger partial charge in [-0.2, -0.15) is 0 Å². The summed E-state index contributed by atoms with van der Waals surface area (Å²) < 4.78 is 0. The first-order valence-electron chi connectivity index (χ1n) is 6.08. The molecule has 0 unspecified atom stereocenters. The molecule has 0 heterocycles. The van der Waals surface area contributed by atoms with Crippen molar-refractivity contribution in [2.24, 2.45) is 0 Å². The highest BCUT2D eigenvalue weighted by atomic mass is 16.3. The standard InChI is InChI=1S/C15H18N2O2/c1-17(2)13-5-3-4-12(9-13)16-10-11-6-7-14(18)15(19)8-11/h3-9,16,18-19H,10H2,1-2H3. The van der Waals surface area contributed by atoms with E-state index in [-0.39, 0.29) is 11.5 Å². The molecule has 2 aromatic carbocycles. The molecular weight excluding hydrogens is 240 g/mol. The van der Waals surface area contributed by atoms with E-state index in [9.17, 15) is 10.2 Å². The third kappa shape index (κ3) is 3.31. The second-order valence-corrected chi connectivity index (χ2v) is 4.62. The molecule has 0 aromatic heterocycles. The Labute approximate surface area is 112 Å². The van der Waals surface area contributed by atoms with Crippen molar-refractivity contribution in [3.05, 3.63) is 48.0 Å². The molecule has 0 fully saturated rings. The number of rotatable bonds is 4. The van der Waals surface area contributed by atoms with Gasteiger partial charge in [-0.25, -0.2) is 0 Å². The molecular formula is C15H18N2O2. The molecule has 3 N–H and O–H groups in total. The SMILES string of the molecule is CN(C)c1cccc(NCc2ccc(O)c(O)c2)c1. The molecule has 0 aliphatic carbocycles. The van der Waals surface area contributed by atoms with Gasteiger partial charge in [-0.1, -0.05) is 12.1 Å². The minimum Gasteiger partial charge on any atom is -0.504 e. The molecule has 0 bridgehead atoms. The first-order valence-corrected chi connectivity index (χ1v) is 6.08. The van der Waals surface area contributed by atoms with Crippen molar-refractivity contribution in [3.63, 3.8) is 0 Å². The van der Waals surface area contributed by atoms with Gasteiger partial charge in [-0.05, 0) is 35.9 Å². The van der Waals surface area contributed by atoms with E-state index in [2.05, 4.69) is 11.4 Å². The van der Waals surface area contributed by atoms with Crippen LogP contribution in [0, 0.1) is 0 Å². The summed E-state index contributed by atoms with van der Waals surface area (Å²) in [5.41, 5.74) is 3.04. The number of phenolic OH excluding ortho intramolecular Hbond substituents is 2. The van der Waals surface area contributed by atoms with Gasteiger partial charge in [0.25, 0.3) is 0 Å². The first-order chi connectivity index (χ1) is 9.06. The van der Waals surface area contributed by atoms with Gasteiger partial charge in [0.05, 0.1) is 0 Å². The maximum absolute atomic E-state index is 9.43. The number of hydrogen-bond donors (Lipinski definition) is 3. The molecule has 0 atom stereocenters. The van der Waals surface area contributed by atoms with Crippen molar-refractivity contribution >= 4 is 11.4 Å². The summed E-state index contributed by atoms with van der Waals surface area (Å²) >= 11 is 0. The van der Waals surface area contributed by atoms with Crippen molar-refractivity contribution in [1.82, 2.24) is 0 Å². The summed E-state index contributed by atoms with van der Waals surface area (Å²) in [6, 6.07) is 12.9. The fraction of sp³-hybridized carbons (Fsp3) is 0.200. The molecule has 0 spiro atoms. The normalized spacial score (nSPS) is 10.2. The summed E-state index contributed by atoms with van der Waals surface area (Å²) in [6.07, 6.45) is 0. The molecule has 4 nitrogen and oxygen atoms in total. The molecule has 0 radical (unpaired) electrons. The van der Waals surface area contributed by atoms with E-state index in [0.29, 0.717) is 6.54 Å². The third-order valence-electron chi connectivity index (χ3n) is 2.90. The maximum Gasteiger partial charge on any atom is 0.157 e. The maximum atomic E-state index is 9.43. The first kappa shape index (κ1) is 13.1. The van der Waals surface area contributed by atoms with Crippen LogP contribution in [-0.2, 0) is 6.54 Å². The highest BCUT2D eigenvalue weighted by Gasteiger charge is 2.01. The quantitative estimate of drug-likeness (QED) is 0.738. The lowest BCUT2D eigenvalue weighted by Crippen LogP contribution is -2.09. The van der Waals surface area contributed by atoms with Gasteiger partial charge in [0, 0.05) is 32.0 Å². The second kappa shape index (κ2) is 5.52. The molecule has 19 heavy (non-hydrogen) atoms. The Morgan fingerprint density at radius 1 is 1.00 bits per heavy atom. The van der Waals surface area contributed by atoms with Crippen molar-refractivity contribution in [2.45, 2.75) is 6.54 Å². The minimum absolute atomic E-state index is 0.0960. The number of nitrogens with one attached hydrogen (secondary N) is 1.